The van der Waals surface area contributed by atoms with Crippen LogP contribution in [-0.4, -0.2) is 24.7 Å². The van der Waals surface area contributed by atoms with Gasteiger partial charge in [-0.1, -0.05) is 42.5 Å². The van der Waals surface area contributed by atoms with Crippen LogP contribution in [0.5, 0.6) is 5.19 Å². The second kappa shape index (κ2) is 6.52. The largest absolute Gasteiger partial charge is 0.473 e. The van der Waals surface area contributed by atoms with Crippen molar-refractivity contribution in [3.05, 3.63) is 34.7 Å². The summed E-state index contributed by atoms with van der Waals surface area (Å²) >= 11 is 1.20. The van der Waals surface area contributed by atoms with E-state index in [2.05, 4.69) is 11.9 Å². The Morgan fingerprint density at radius 1 is 1.25 bits per heavy atom. The van der Waals surface area contributed by atoms with E-state index in [-0.39, 0.29) is 5.97 Å². The molecule has 0 aliphatic carbocycles. The average Bonchev–Trinajstić information content (AvgIpc) is 2.92. The molecule has 0 aliphatic rings. The quantitative estimate of drug-likeness (QED) is 0.790. The SMILES string of the molecule is CCOC(=O)c1sc(OC)nc1-c1ccc(CC)cc1. The van der Waals surface area contributed by atoms with Crippen molar-refractivity contribution in [3.63, 3.8) is 0 Å². The van der Waals surface area contributed by atoms with Gasteiger partial charge in [-0.05, 0) is 18.9 Å². The van der Waals surface area contributed by atoms with Gasteiger partial charge in [-0.25, -0.2) is 9.78 Å². The number of benzene rings is 1. The maximum absolute atomic E-state index is 12.0. The number of methoxy groups -OCH3 is 1. The first-order chi connectivity index (χ1) is 9.69. The summed E-state index contributed by atoms with van der Waals surface area (Å²) in [6.07, 6.45) is 0.978. The predicted molar refractivity (Wildman–Crippen MR) is 79.4 cm³/mol. The van der Waals surface area contributed by atoms with Crippen molar-refractivity contribution >= 4 is 17.3 Å². The molecule has 0 radical (unpaired) electrons. The van der Waals surface area contributed by atoms with E-state index < -0.39 is 0 Å². The molecule has 106 valence electrons. The topological polar surface area (TPSA) is 48.4 Å². The van der Waals surface area contributed by atoms with Gasteiger partial charge in [0.2, 0.25) is 0 Å². The highest BCUT2D eigenvalue weighted by atomic mass is 32.1. The second-order valence-corrected chi connectivity index (χ2v) is 5.09. The highest BCUT2D eigenvalue weighted by molar-refractivity contribution is 7.15. The lowest BCUT2D eigenvalue weighted by molar-refractivity contribution is 0.0532. The fourth-order valence-electron chi connectivity index (χ4n) is 1.82. The molecule has 0 aliphatic heterocycles. The van der Waals surface area contributed by atoms with Crippen molar-refractivity contribution in [2.24, 2.45) is 0 Å². The van der Waals surface area contributed by atoms with Gasteiger partial charge in [0.1, 0.15) is 4.88 Å². The van der Waals surface area contributed by atoms with E-state index in [0.29, 0.717) is 22.4 Å². The van der Waals surface area contributed by atoms with Crippen molar-refractivity contribution in [2.45, 2.75) is 20.3 Å². The summed E-state index contributed by atoms with van der Waals surface area (Å²) in [6.45, 7) is 4.23. The Morgan fingerprint density at radius 2 is 1.95 bits per heavy atom. The normalized spacial score (nSPS) is 10.3. The van der Waals surface area contributed by atoms with E-state index in [1.54, 1.807) is 6.92 Å². The van der Waals surface area contributed by atoms with Gasteiger partial charge < -0.3 is 9.47 Å². The summed E-state index contributed by atoms with van der Waals surface area (Å²) in [4.78, 5) is 16.8. The third-order valence-corrected chi connectivity index (χ3v) is 3.88. The lowest BCUT2D eigenvalue weighted by Crippen LogP contribution is -2.03. The molecule has 0 saturated carbocycles. The number of ether oxygens (including phenoxy) is 2. The third kappa shape index (κ3) is 2.99. The summed E-state index contributed by atoms with van der Waals surface area (Å²) in [5.74, 6) is -0.358. The summed E-state index contributed by atoms with van der Waals surface area (Å²) in [5, 5.41) is 0.461. The number of hydrogen-bond acceptors (Lipinski definition) is 5. The standard InChI is InChI=1S/C15H17NO3S/c1-4-10-6-8-11(9-7-10)12-13(14(17)19-5-2)20-15(16-12)18-3/h6-9H,4-5H2,1-3H3. The number of carbonyl (C=O) groups is 1. The number of thiazole rings is 1. The minimum absolute atomic E-state index is 0.341. The highest BCUT2D eigenvalue weighted by Crippen LogP contribution is 2.33. The first-order valence-electron chi connectivity index (χ1n) is 6.50. The number of aromatic nitrogens is 1. The highest BCUT2D eigenvalue weighted by Gasteiger charge is 2.20. The molecule has 1 heterocycles. The zero-order chi connectivity index (χ0) is 14.5. The molecule has 2 aromatic rings. The van der Waals surface area contributed by atoms with Gasteiger partial charge in [-0.15, -0.1) is 0 Å². The van der Waals surface area contributed by atoms with Crippen molar-refractivity contribution < 1.29 is 14.3 Å². The van der Waals surface area contributed by atoms with E-state index >= 15 is 0 Å². The zero-order valence-corrected chi connectivity index (χ0v) is 12.6. The maximum atomic E-state index is 12.0. The molecule has 0 amide bonds. The van der Waals surface area contributed by atoms with Crippen LogP contribution in [0, 0.1) is 0 Å². The van der Waals surface area contributed by atoms with Crippen molar-refractivity contribution in [3.8, 4) is 16.5 Å². The van der Waals surface area contributed by atoms with E-state index in [1.807, 2.05) is 24.3 Å². The smallest absolute Gasteiger partial charge is 0.350 e. The van der Waals surface area contributed by atoms with Gasteiger partial charge >= 0.3 is 5.97 Å². The monoisotopic (exact) mass is 291 g/mol. The molecule has 0 saturated heterocycles. The van der Waals surface area contributed by atoms with Crippen molar-refractivity contribution in [1.82, 2.24) is 4.98 Å². The molecule has 20 heavy (non-hydrogen) atoms. The van der Waals surface area contributed by atoms with Crippen LogP contribution in [-0.2, 0) is 11.2 Å². The number of rotatable bonds is 5. The molecule has 4 nitrogen and oxygen atoms in total. The average molecular weight is 291 g/mol. The number of carbonyl (C=O) groups excluding carboxylic acids is 1. The van der Waals surface area contributed by atoms with E-state index in [1.165, 1.54) is 24.0 Å². The molecule has 0 atom stereocenters. The lowest BCUT2D eigenvalue weighted by atomic mass is 10.1. The molecular formula is C15H17NO3S. The molecule has 0 unspecified atom stereocenters. The summed E-state index contributed by atoms with van der Waals surface area (Å²) < 4.78 is 10.2. The Hall–Kier alpha value is -1.88. The molecule has 0 fully saturated rings. The van der Waals surface area contributed by atoms with Crippen LogP contribution in [0.1, 0.15) is 29.1 Å². The minimum atomic E-state index is -0.358. The van der Waals surface area contributed by atoms with Crippen LogP contribution in [0.15, 0.2) is 24.3 Å². The maximum Gasteiger partial charge on any atom is 0.350 e. The Labute approximate surface area is 122 Å². The Bertz CT molecular complexity index is 590. The Balaban J connectivity index is 2.42. The first-order valence-corrected chi connectivity index (χ1v) is 7.32. The van der Waals surface area contributed by atoms with Crippen LogP contribution < -0.4 is 4.74 Å². The van der Waals surface area contributed by atoms with Crippen LogP contribution in [0.3, 0.4) is 0 Å². The van der Waals surface area contributed by atoms with Gasteiger partial charge in [0.25, 0.3) is 5.19 Å². The molecule has 0 N–H and O–H groups in total. The molecule has 1 aromatic carbocycles. The van der Waals surface area contributed by atoms with Crippen molar-refractivity contribution in [1.29, 1.82) is 0 Å². The fourth-order valence-corrected chi connectivity index (χ4v) is 2.61. The van der Waals surface area contributed by atoms with Crippen molar-refractivity contribution in [2.75, 3.05) is 13.7 Å². The van der Waals surface area contributed by atoms with Gasteiger partial charge in [0.15, 0.2) is 0 Å². The second-order valence-electron chi connectivity index (χ2n) is 4.13. The summed E-state index contributed by atoms with van der Waals surface area (Å²) in [6, 6.07) is 8.01. The summed E-state index contributed by atoms with van der Waals surface area (Å²) in [5.41, 5.74) is 2.76. The summed E-state index contributed by atoms with van der Waals surface area (Å²) in [7, 11) is 1.54. The molecule has 1 aromatic heterocycles. The molecule has 0 spiro atoms. The number of hydrogen-bond donors (Lipinski definition) is 0. The van der Waals surface area contributed by atoms with Crippen LogP contribution in [0.4, 0.5) is 0 Å². The first kappa shape index (κ1) is 14.5. The van der Waals surface area contributed by atoms with E-state index in [0.717, 1.165) is 12.0 Å². The van der Waals surface area contributed by atoms with E-state index in [4.69, 9.17) is 9.47 Å². The van der Waals surface area contributed by atoms with Gasteiger partial charge in [0.05, 0.1) is 19.4 Å². The molecule has 0 bridgehead atoms. The predicted octanol–water partition coefficient (Wildman–Crippen LogP) is 3.56. The van der Waals surface area contributed by atoms with Gasteiger partial charge in [-0.2, -0.15) is 0 Å². The molecule has 2 rings (SSSR count). The van der Waals surface area contributed by atoms with E-state index in [9.17, 15) is 4.79 Å². The minimum Gasteiger partial charge on any atom is -0.473 e. The van der Waals surface area contributed by atoms with Gasteiger partial charge in [-0.3, -0.25) is 0 Å². The number of nitrogens with zero attached hydrogens (tertiary/aromatic N) is 1. The van der Waals surface area contributed by atoms with Crippen LogP contribution in [0.2, 0.25) is 0 Å². The zero-order valence-electron chi connectivity index (χ0n) is 11.8. The molecular weight excluding hydrogens is 274 g/mol. The number of aryl methyl sites for hydroxylation is 1. The van der Waals surface area contributed by atoms with Crippen LogP contribution in [0.25, 0.3) is 11.3 Å². The Kier molecular flexibility index (Phi) is 4.74. The fraction of sp³-hybridized carbons (Fsp3) is 0.333. The third-order valence-electron chi connectivity index (χ3n) is 2.88. The Morgan fingerprint density at radius 3 is 2.50 bits per heavy atom. The van der Waals surface area contributed by atoms with Gasteiger partial charge in [0, 0.05) is 5.56 Å². The molecule has 5 heteroatoms. The van der Waals surface area contributed by atoms with Crippen LogP contribution >= 0.6 is 11.3 Å². The lowest BCUT2D eigenvalue weighted by Gasteiger charge is -2.03. The number of esters is 1.